The maximum absolute atomic E-state index is 4.50. The molecule has 6 heteroatoms. The molecule has 0 spiro atoms. The standard InChI is InChI=1S/C24H39N5.HI/c1-4-16-29-17-12-22(13-18-29)27-23(25-3)26-19-24(14-8-9-15-24)28-20(2)21-10-6-5-7-11-21;/h4-7,10-11,20,22,28H,1,8-9,12-19H2,2-3H3,(H2,25,26,27);1H. The van der Waals surface area contributed by atoms with Crippen molar-refractivity contribution in [2.45, 2.75) is 63.1 Å². The normalized spacial score (nSPS) is 20.9. The minimum Gasteiger partial charge on any atom is -0.355 e. The smallest absolute Gasteiger partial charge is 0.191 e. The minimum absolute atomic E-state index is 0. The fourth-order valence-electron chi connectivity index (χ4n) is 4.79. The van der Waals surface area contributed by atoms with E-state index in [0.717, 1.165) is 45.0 Å². The minimum atomic E-state index is 0. The number of guanidine groups is 1. The number of hydrogen-bond acceptors (Lipinski definition) is 3. The molecule has 3 N–H and O–H groups in total. The Bertz CT molecular complexity index is 649. The molecule has 1 aliphatic carbocycles. The van der Waals surface area contributed by atoms with Crippen molar-refractivity contribution in [3.8, 4) is 0 Å². The molecule has 1 aliphatic heterocycles. The summed E-state index contributed by atoms with van der Waals surface area (Å²) in [5, 5.41) is 11.2. The van der Waals surface area contributed by atoms with E-state index in [1.54, 1.807) is 0 Å². The Morgan fingerprint density at radius 1 is 1.23 bits per heavy atom. The first-order chi connectivity index (χ1) is 14.1. The Kier molecular flexibility index (Phi) is 10.6. The molecule has 0 radical (unpaired) electrons. The van der Waals surface area contributed by atoms with E-state index in [4.69, 9.17) is 0 Å². The van der Waals surface area contributed by atoms with Crippen molar-refractivity contribution >= 4 is 29.9 Å². The first kappa shape index (κ1) is 25.1. The average molecular weight is 526 g/mol. The fraction of sp³-hybridized carbons (Fsp3) is 0.625. The predicted octanol–water partition coefficient (Wildman–Crippen LogP) is 4.08. The summed E-state index contributed by atoms with van der Waals surface area (Å²) in [6.45, 7) is 10.3. The third-order valence-electron chi connectivity index (χ3n) is 6.52. The Labute approximate surface area is 200 Å². The van der Waals surface area contributed by atoms with E-state index in [2.05, 4.69) is 69.7 Å². The van der Waals surface area contributed by atoms with Crippen LogP contribution >= 0.6 is 24.0 Å². The first-order valence-corrected chi connectivity index (χ1v) is 11.3. The van der Waals surface area contributed by atoms with Gasteiger partial charge in [-0.15, -0.1) is 30.6 Å². The summed E-state index contributed by atoms with van der Waals surface area (Å²) in [4.78, 5) is 6.97. The molecule has 0 bridgehead atoms. The van der Waals surface area contributed by atoms with Gasteiger partial charge >= 0.3 is 0 Å². The van der Waals surface area contributed by atoms with Gasteiger partial charge in [0.05, 0.1) is 0 Å². The van der Waals surface area contributed by atoms with Crippen LogP contribution < -0.4 is 16.0 Å². The third-order valence-corrected chi connectivity index (χ3v) is 6.52. The van der Waals surface area contributed by atoms with Gasteiger partial charge in [0.2, 0.25) is 0 Å². The highest BCUT2D eigenvalue weighted by atomic mass is 127. The lowest BCUT2D eigenvalue weighted by atomic mass is 9.94. The maximum Gasteiger partial charge on any atom is 0.191 e. The van der Waals surface area contributed by atoms with E-state index in [0.29, 0.717) is 12.1 Å². The van der Waals surface area contributed by atoms with Crippen LogP contribution in [0.15, 0.2) is 48.0 Å². The third kappa shape index (κ3) is 7.24. The molecule has 1 saturated carbocycles. The molecule has 2 aliphatic rings. The number of nitrogens with one attached hydrogen (secondary N) is 3. The van der Waals surface area contributed by atoms with Crippen LogP contribution in [0.1, 0.15) is 57.1 Å². The number of piperidine rings is 1. The van der Waals surface area contributed by atoms with E-state index in [1.807, 2.05) is 13.1 Å². The van der Waals surface area contributed by atoms with Gasteiger partial charge in [0.15, 0.2) is 5.96 Å². The van der Waals surface area contributed by atoms with Crippen LogP contribution in [0.5, 0.6) is 0 Å². The molecule has 1 unspecified atom stereocenters. The highest BCUT2D eigenvalue weighted by Crippen LogP contribution is 2.31. The summed E-state index contributed by atoms with van der Waals surface area (Å²) in [5.74, 6) is 0.938. The Balaban J connectivity index is 0.00000320. The number of benzene rings is 1. The van der Waals surface area contributed by atoms with Crippen molar-refractivity contribution in [3.63, 3.8) is 0 Å². The lowest BCUT2D eigenvalue weighted by Crippen LogP contribution is -2.56. The van der Waals surface area contributed by atoms with E-state index in [9.17, 15) is 0 Å². The fourth-order valence-corrected chi connectivity index (χ4v) is 4.79. The Hall–Kier alpha value is -1.12. The molecule has 1 atom stereocenters. The zero-order chi connectivity index (χ0) is 20.5. The van der Waals surface area contributed by atoms with Crippen LogP contribution in [0.4, 0.5) is 0 Å². The van der Waals surface area contributed by atoms with Gasteiger partial charge in [0.25, 0.3) is 0 Å². The molecule has 2 fully saturated rings. The Morgan fingerprint density at radius 2 is 1.90 bits per heavy atom. The molecule has 0 aromatic heterocycles. The van der Waals surface area contributed by atoms with Crippen LogP contribution in [-0.2, 0) is 0 Å². The van der Waals surface area contributed by atoms with E-state index >= 15 is 0 Å². The quantitative estimate of drug-likeness (QED) is 0.207. The molecular weight excluding hydrogens is 485 g/mol. The van der Waals surface area contributed by atoms with Crippen LogP contribution in [0.25, 0.3) is 0 Å². The topological polar surface area (TPSA) is 51.7 Å². The molecule has 1 heterocycles. The molecule has 1 aromatic carbocycles. The Morgan fingerprint density at radius 3 is 2.50 bits per heavy atom. The largest absolute Gasteiger partial charge is 0.355 e. The molecular formula is C24H40IN5. The van der Waals surface area contributed by atoms with E-state index in [1.165, 1.54) is 31.2 Å². The summed E-state index contributed by atoms with van der Waals surface area (Å²) in [6.07, 6.45) is 9.33. The monoisotopic (exact) mass is 525 g/mol. The number of hydrogen-bond donors (Lipinski definition) is 3. The lowest BCUT2D eigenvalue weighted by Gasteiger charge is -2.36. The van der Waals surface area contributed by atoms with Gasteiger partial charge < -0.3 is 16.0 Å². The predicted molar refractivity (Wildman–Crippen MR) is 139 cm³/mol. The van der Waals surface area contributed by atoms with Crippen LogP contribution in [-0.4, -0.2) is 55.7 Å². The van der Waals surface area contributed by atoms with Crippen molar-refractivity contribution in [1.82, 2.24) is 20.9 Å². The second-order valence-electron chi connectivity index (χ2n) is 8.70. The van der Waals surface area contributed by atoms with Gasteiger partial charge in [-0.05, 0) is 38.2 Å². The number of rotatable bonds is 8. The summed E-state index contributed by atoms with van der Waals surface area (Å²) < 4.78 is 0. The van der Waals surface area contributed by atoms with Crippen molar-refractivity contribution < 1.29 is 0 Å². The zero-order valence-corrected chi connectivity index (χ0v) is 21.0. The van der Waals surface area contributed by atoms with Gasteiger partial charge in [0.1, 0.15) is 0 Å². The number of aliphatic imine (C=N–C) groups is 1. The molecule has 5 nitrogen and oxygen atoms in total. The molecule has 30 heavy (non-hydrogen) atoms. The SMILES string of the molecule is C=CCN1CCC(NC(=NC)NCC2(NC(C)c3ccccc3)CCCC2)CC1.I. The molecule has 168 valence electrons. The summed E-state index contributed by atoms with van der Waals surface area (Å²) in [7, 11) is 1.88. The van der Waals surface area contributed by atoms with Crippen LogP contribution in [0, 0.1) is 0 Å². The maximum atomic E-state index is 4.50. The number of nitrogens with zero attached hydrogens (tertiary/aromatic N) is 2. The number of likely N-dealkylation sites (tertiary alicyclic amines) is 1. The van der Waals surface area contributed by atoms with Gasteiger partial charge in [-0.1, -0.05) is 49.2 Å². The highest BCUT2D eigenvalue weighted by Gasteiger charge is 2.35. The second kappa shape index (κ2) is 12.7. The van der Waals surface area contributed by atoms with Crippen molar-refractivity contribution in [2.75, 3.05) is 33.2 Å². The molecule has 1 aromatic rings. The zero-order valence-electron chi connectivity index (χ0n) is 18.7. The summed E-state index contributed by atoms with van der Waals surface area (Å²) in [5.41, 5.74) is 1.49. The van der Waals surface area contributed by atoms with E-state index < -0.39 is 0 Å². The van der Waals surface area contributed by atoms with Gasteiger partial charge in [-0.25, -0.2) is 0 Å². The summed E-state index contributed by atoms with van der Waals surface area (Å²) in [6, 6.07) is 11.6. The van der Waals surface area contributed by atoms with Crippen molar-refractivity contribution in [1.29, 1.82) is 0 Å². The van der Waals surface area contributed by atoms with Crippen LogP contribution in [0.3, 0.4) is 0 Å². The van der Waals surface area contributed by atoms with Gasteiger partial charge in [-0.2, -0.15) is 0 Å². The van der Waals surface area contributed by atoms with Crippen LogP contribution in [0.2, 0.25) is 0 Å². The lowest BCUT2D eigenvalue weighted by molar-refractivity contribution is 0.224. The molecule has 0 amide bonds. The number of halogens is 1. The van der Waals surface area contributed by atoms with Gasteiger partial charge in [0, 0.05) is 50.8 Å². The van der Waals surface area contributed by atoms with E-state index in [-0.39, 0.29) is 29.5 Å². The first-order valence-electron chi connectivity index (χ1n) is 11.3. The second-order valence-corrected chi connectivity index (χ2v) is 8.70. The highest BCUT2D eigenvalue weighted by molar-refractivity contribution is 14.0. The van der Waals surface area contributed by atoms with Crippen molar-refractivity contribution in [3.05, 3.63) is 48.6 Å². The van der Waals surface area contributed by atoms with Gasteiger partial charge in [-0.3, -0.25) is 9.89 Å². The molecule has 1 saturated heterocycles. The summed E-state index contributed by atoms with van der Waals surface area (Å²) >= 11 is 0. The van der Waals surface area contributed by atoms with Crippen molar-refractivity contribution in [2.24, 2.45) is 4.99 Å². The molecule has 3 rings (SSSR count). The average Bonchev–Trinajstić information content (AvgIpc) is 3.21.